The van der Waals surface area contributed by atoms with E-state index in [1.54, 1.807) is 23.7 Å². The summed E-state index contributed by atoms with van der Waals surface area (Å²) in [4.78, 5) is 34.1. The molecule has 2 aromatic heterocycles. The summed E-state index contributed by atoms with van der Waals surface area (Å²) in [5.41, 5.74) is 0.406. The fourth-order valence-electron chi connectivity index (χ4n) is 2.27. The molecule has 0 saturated heterocycles. The van der Waals surface area contributed by atoms with Gasteiger partial charge in [0.2, 0.25) is 5.91 Å². The van der Waals surface area contributed by atoms with Crippen molar-refractivity contribution in [2.75, 3.05) is 11.1 Å². The zero-order valence-electron chi connectivity index (χ0n) is 15.2. The Morgan fingerprint density at radius 3 is 2.66 bits per heavy atom. The normalized spacial score (nSPS) is 10.5. The minimum Gasteiger partial charge on any atom is -0.459 e. The van der Waals surface area contributed by atoms with Gasteiger partial charge in [0.25, 0.3) is 11.6 Å². The maximum atomic E-state index is 12.1. The van der Waals surface area contributed by atoms with Crippen molar-refractivity contribution in [3.63, 3.8) is 0 Å². The van der Waals surface area contributed by atoms with E-state index in [2.05, 4.69) is 20.8 Å². The van der Waals surface area contributed by atoms with Crippen molar-refractivity contribution in [2.24, 2.45) is 7.05 Å². The van der Waals surface area contributed by atoms with Crippen molar-refractivity contribution in [3.05, 3.63) is 64.4 Å². The predicted octanol–water partition coefficient (Wildman–Crippen LogP) is 1.98. The van der Waals surface area contributed by atoms with Crippen LogP contribution in [-0.2, 0) is 18.4 Å². The van der Waals surface area contributed by atoms with Gasteiger partial charge in [-0.15, -0.1) is 10.2 Å². The molecule has 2 N–H and O–H groups in total. The number of nitrogens with zero attached hydrogens (tertiary/aromatic N) is 4. The number of nitro benzene ring substituents is 1. The Kier molecular flexibility index (Phi) is 6.24. The van der Waals surface area contributed by atoms with E-state index in [-0.39, 0.29) is 35.6 Å². The number of hydrogen-bond acceptors (Lipinski definition) is 8. The lowest BCUT2D eigenvalue weighted by Gasteiger charge is -2.06. The quantitative estimate of drug-likeness (QED) is 0.322. The summed E-state index contributed by atoms with van der Waals surface area (Å²) in [6.45, 7) is 0.151. The molecule has 29 heavy (non-hydrogen) atoms. The van der Waals surface area contributed by atoms with Crippen LogP contribution in [-0.4, -0.2) is 37.3 Å². The molecule has 0 aliphatic carbocycles. The first-order valence-electron chi connectivity index (χ1n) is 8.31. The molecular weight excluding hydrogens is 400 g/mol. The summed E-state index contributed by atoms with van der Waals surface area (Å²) < 4.78 is 6.69. The number of aromatic nitrogens is 3. The number of hydrogen-bond donors (Lipinski definition) is 2. The first kappa shape index (κ1) is 20.1. The summed E-state index contributed by atoms with van der Waals surface area (Å²) in [5.74, 6) is 0.129. The number of rotatable bonds is 8. The molecule has 0 bridgehead atoms. The number of carbonyl (C=O) groups excluding carboxylic acids is 2. The van der Waals surface area contributed by atoms with Crippen LogP contribution >= 0.6 is 11.8 Å². The molecule has 12 heteroatoms. The van der Waals surface area contributed by atoms with Gasteiger partial charge in [0, 0.05) is 24.9 Å². The van der Waals surface area contributed by atoms with Crippen LogP contribution in [0.15, 0.2) is 52.2 Å². The molecular formula is C17H16N6O5S. The van der Waals surface area contributed by atoms with Gasteiger partial charge in [0.1, 0.15) is 0 Å². The Bertz CT molecular complexity index is 1020. The van der Waals surface area contributed by atoms with Crippen LogP contribution in [0.1, 0.15) is 16.4 Å². The number of nitrogens with one attached hydrogen (secondary N) is 2. The molecule has 2 amide bonds. The van der Waals surface area contributed by atoms with Crippen molar-refractivity contribution < 1.29 is 18.9 Å². The van der Waals surface area contributed by atoms with Gasteiger partial charge in [-0.05, 0) is 24.3 Å². The van der Waals surface area contributed by atoms with Gasteiger partial charge in [0.05, 0.1) is 23.5 Å². The highest BCUT2D eigenvalue weighted by Gasteiger charge is 2.14. The van der Waals surface area contributed by atoms with Crippen LogP contribution in [0.3, 0.4) is 0 Å². The molecule has 3 rings (SSSR count). The summed E-state index contributed by atoms with van der Waals surface area (Å²) in [6.07, 6.45) is 1.41. The molecule has 1 aromatic carbocycles. The largest absolute Gasteiger partial charge is 0.459 e. The third-order valence-corrected chi connectivity index (χ3v) is 4.79. The number of non-ortho nitro benzene ring substituents is 1. The van der Waals surface area contributed by atoms with Crippen LogP contribution in [0.25, 0.3) is 0 Å². The van der Waals surface area contributed by atoms with Crippen LogP contribution in [0.5, 0.6) is 0 Å². The molecule has 0 fully saturated rings. The number of thioether (sulfide) groups is 1. The lowest BCUT2D eigenvalue weighted by atomic mass is 10.3. The average molecular weight is 416 g/mol. The maximum Gasteiger partial charge on any atom is 0.287 e. The lowest BCUT2D eigenvalue weighted by molar-refractivity contribution is -0.384. The minimum atomic E-state index is -0.510. The molecule has 150 valence electrons. The molecule has 0 atom stereocenters. The van der Waals surface area contributed by atoms with Gasteiger partial charge in [-0.1, -0.05) is 11.8 Å². The van der Waals surface area contributed by atoms with Crippen molar-refractivity contribution in [1.29, 1.82) is 0 Å². The van der Waals surface area contributed by atoms with Crippen LogP contribution in [0.2, 0.25) is 0 Å². The fourth-order valence-corrected chi connectivity index (χ4v) is 3.00. The molecule has 0 saturated carbocycles. The van der Waals surface area contributed by atoms with E-state index in [0.717, 1.165) is 0 Å². The minimum absolute atomic E-state index is 0.0527. The highest BCUT2D eigenvalue weighted by Crippen LogP contribution is 2.18. The Hall–Kier alpha value is -3.67. The Labute approximate surface area is 168 Å². The van der Waals surface area contributed by atoms with Gasteiger partial charge in [0.15, 0.2) is 16.7 Å². The summed E-state index contributed by atoms with van der Waals surface area (Å²) >= 11 is 1.17. The van der Waals surface area contributed by atoms with E-state index in [1.807, 2.05) is 0 Å². The average Bonchev–Trinajstić information content (AvgIpc) is 3.35. The van der Waals surface area contributed by atoms with Gasteiger partial charge in [-0.2, -0.15) is 0 Å². The molecule has 11 nitrogen and oxygen atoms in total. The highest BCUT2D eigenvalue weighted by molar-refractivity contribution is 7.99. The molecule has 0 aliphatic heterocycles. The van der Waals surface area contributed by atoms with Gasteiger partial charge >= 0.3 is 0 Å². The number of nitro groups is 1. The predicted molar refractivity (Wildman–Crippen MR) is 103 cm³/mol. The second-order valence-electron chi connectivity index (χ2n) is 5.76. The smallest absolute Gasteiger partial charge is 0.287 e. The van der Waals surface area contributed by atoms with E-state index >= 15 is 0 Å². The van der Waals surface area contributed by atoms with E-state index in [0.29, 0.717) is 16.7 Å². The number of anilines is 1. The van der Waals surface area contributed by atoms with Crippen LogP contribution in [0, 0.1) is 10.1 Å². The number of carbonyl (C=O) groups is 2. The van der Waals surface area contributed by atoms with Crippen molar-refractivity contribution in [3.8, 4) is 0 Å². The SMILES string of the molecule is Cn1c(CNC(=O)c2ccco2)nnc1SCC(=O)Nc1ccc([N+](=O)[O-])cc1. The Morgan fingerprint density at radius 1 is 1.24 bits per heavy atom. The molecule has 0 aliphatic rings. The summed E-state index contributed by atoms with van der Waals surface area (Å²) in [5, 5.41) is 24.5. The molecule has 0 unspecified atom stereocenters. The van der Waals surface area contributed by atoms with E-state index in [4.69, 9.17) is 4.42 Å². The van der Waals surface area contributed by atoms with Gasteiger partial charge < -0.3 is 19.6 Å². The van der Waals surface area contributed by atoms with Gasteiger partial charge in [-0.3, -0.25) is 19.7 Å². The molecule has 0 spiro atoms. The monoisotopic (exact) mass is 416 g/mol. The van der Waals surface area contributed by atoms with E-state index in [9.17, 15) is 19.7 Å². The van der Waals surface area contributed by atoms with Crippen LogP contribution in [0.4, 0.5) is 11.4 Å². The fraction of sp³-hybridized carbons (Fsp3) is 0.176. The van der Waals surface area contributed by atoms with E-state index < -0.39 is 4.92 Å². The number of furan rings is 1. The first-order chi connectivity index (χ1) is 13.9. The van der Waals surface area contributed by atoms with E-state index in [1.165, 1.54) is 42.3 Å². The second kappa shape index (κ2) is 9.01. The zero-order valence-corrected chi connectivity index (χ0v) is 16.0. The number of benzene rings is 1. The van der Waals surface area contributed by atoms with Crippen molar-refractivity contribution in [1.82, 2.24) is 20.1 Å². The van der Waals surface area contributed by atoms with Crippen molar-refractivity contribution >= 4 is 35.0 Å². The number of amides is 2. The first-order valence-corrected chi connectivity index (χ1v) is 9.29. The summed E-state index contributed by atoms with van der Waals surface area (Å²) in [7, 11) is 1.73. The second-order valence-corrected chi connectivity index (χ2v) is 6.70. The molecule has 0 radical (unpaired) electrons. The Balaban J connectivity index is 1.49. The molecule has 2 heterocycles. The molecule has 3 aromatic rings. The van der Waals surface area contributed by atoms with Crippen LogP contribution < -0.4 is 10.6 Å². The lowest BCUT2D eigenvalue weighted by Crippen LogP contribution is -2.24. The summed E-state index contributed by atoms with van der Waals surface area (Å²) in [6, 6.07) is 8.72. The highest BCUT2D eigenvalue weighted by atomic mass is 32.2. The van der Waals surface area contributed by atoms with Gasteiger partial charge in [-0.25, -0.2) is 0 Å². The van der Waals surface area contributed by atoms with Crippen molar-refractivity contribution in [2.45, 2.75) is 11.7 Å². The third-order valence-electron chi connectivity index (χ3n) is 3.77. The topological polar surface area (TPSA) is 145 Å². The maximum absolute atomic E-state index is 12.1. The third kappa shape index (κ3) is 5.19. The standard InChI is InChI=1S/C17H16N6O5S/c1-22-14(9-18-16(25)13-3-2-8-28-13)20-21-17(22)29-10-15(24)19-11-4-6-12(7-5-11)23(26)27/h2-8H,9-10H2,1H3,(H,18,25)(H,19,24). The zero-order chi connectivity index (χ0) is 20.8. The Morgan fingerprint density at radius 2 is 2.00 bits per heavy atom.